The number of rotatable bonds is 9. The fourth-order valence-corrected chi connectivity index (χ4v) is 3.35. The Morgan fingerprint density at radius 1 is 1.00 bits per heavy atom. The van der Waals surface area contributed by atoms with E-state index < -0.39 is 0 Å². The molecule has 0 spiro atoms. The Morgan fingerprint density at radius 3 is 2.60 bits per heavy atom. The zero-order valence-electron chi connectivity index (χ0n) is 16.9. The molecule has 0 saturated heterocycles. The number of anilines is 2. The Balaban J connectivity index is 1.68. The quantitative estimate of drug-likeness (QED) is 0.449. The molecule has 2 N–H and O–H groups in total. The highest BCUT2D eigenvalue weighted by Crippen LogP contribution is 2.29. The van der Waals surface area contributed by atoms with Crippen LogP contribution in [0.3, 0.4) is 0 Å². The first kappa shape index (κ1) is 21.4. The van der Waals surface area contributed by atoms with Gasteiger partial charge in [-0.3, -0.25) is 9.59 Å². The third-order valence-corrected chi connectivity index (χ3v) is 5.18. The third kappa shape index (κ3) is 5.61. The number of nitrogens with one attached hydrogen (secondary N) is 2. The Morgan fingerprint density at radius 2 is 1.87 bits per heavy atom. The van der Waals surface area contributed by atoms with Gasteiger partial charge >= 0.3 is 0 Å². The molecule has 156 valence electrons. The molecule has 0 aliphatic carbocycles. The molecule has 0 radical (unpaired) electrons. The van der Waals surface area contributed by atoms with Crippen LogP contribution in [0.15, 0.2) is 60.0 Å². The van der Waals surface area contributed by atoms with Crippen LogP contribution in [-0.2, 0) is 0 Å². The normalized spacial score (nSPS) is 10.3. The summed E-state index contributed by atoms with van der Waals surface area (Å²) in [7, 11) is 1.51. The topological polar surface area (TPSA) is 76.7 Å². The maximum absolute atomic E-state index is 12.6. The standard InChI is InChI=1S/C23H24N2O4S/c1-3-4-12-29-18-8-5-7-16(14-18)22(26)24-17-10-11-19(20(15-17)28-2)25-23(27)21-9-6-13-30-21/h5-11,13-15H,3-4,12H2,1-2H3,(H,24,26)(H,25,27). The van der Waals surface area contributed by atoms with E-state index in [0.29, 0.717) is 39.9 Å². The van der Waals surface area contributed by atoms with Crippen molar-refractivity contribution in [2.45, 2.75) is 19.8 Å². The van der Waals surface area contributed by atoms with E-state index in [0.717, 1.165) is 12.8 Å². The maximum atomic E-state index is 12.6. The molecule has 30 heavy (non-hydrogen) atoms. The minimum atomic E-state index is -0.256. The highest BCUT2D eigenvalue weighted by atomic mass is 32.1. The van der Waals surface area contributed by atoms with Crippen LogP contribution in [0.25, 0.3) is 0 Å². The van der Waals surface area contributed by atoms with Gasteiger partial charge in [0.2, 0.25) is 0 Å². The zero-order valence-corrected chi connectivity index (χ0v) is 17.8. The SMILES string of the molecule is CCCCOc1cccc(C(=O)Nc2ccc(NC(=O)c3cccs3)c(OC)c2)c1. The summed E-state index contributed by atoms with van der Waals surface area (Å²) in [6.07, 6.45) is 2.01. The molecule has 1 aromatic heterocycles. The lowest BCUT2D eigenvalue weighted by Gasteiger charge is -2.13. The second-order valence-electron chi connectivity index (χ2n) is 6.53. The number of hydrogen-bond acceptors (Lipinski definition) is 5. The average molecular weight is 425 g/mol. The van der Waals surface area contributed by atoms with Crippen molar-refractivity contribution >= 4 is 34.5 Å². The van der Waals surface area contributed by atoms with Crippen molar-refractivity contribution in [2.24, 2.45) is 0 Å². The number of carbonyl (C=O) groups excluding carboxylic acids is 2. The molecular formula is C23H24N2O4S. The first-order valence-corrected chi connectivity index (χ1v) is 10.6. The van der Waals surface area contributed by atoms with E-state index in [1.54, 1.807) is 42.5 Å². The fraction of sp³-hybridized carbons (Fsp3) is 0.217. The molecule has 0 unspecified atom stereocenters. The van der Waals surface area contributed by atoms with Gasteiger partial charge in [0.15, 0.2) is 0 Å². The molecule has 0 aliphatic heterocycles. The fourth-order valence-electron chi connectivity index (χ4n) is 2.73. The molecule has 2 aromatic carbocycles. The maximum Gasteiger partial charge on any atom is 0.265 e. The molecule has 7 heteroatoms. The number of unbranched alkanes of at least 4 members (excludes halogenated alkanes) is 1. The van der Waals surface area contributed by atoms with Gasteiger partial charge in [0, 0.05) is 17.3 Å². The van der Waals surface area contributed by atoms with E-state index in [9.17, 15) is 9.59 Å². The summed E-state index contributed by atoms with van der Waals surface area (Å²) in [5.74, 6) is 0.656. The molecule has 0 atom stereocenters. The van der Waals surface area contributed by atoms with Crippen LogP contribution >= 0.6 is 11.3 Å². The van der Waals surface area contributed by atoms with Gasteiger partial charge in [-0.2, -0.15) is 0 Å². The van der Waals surface area contributed by atoms with Gasteiger partial charge in [0.25, 0.3) is 11.8 Å². The van der Waals surface area contributed by atoms with Gasteiger partial charge in [-0.15, -0.1) is 11.3 Å². The van der Waals surface area contributed by atoms with Gasteiger partial charge < -0.3 is 20.1 Å². The van der Waals surface area contributed by atoms with Crippen molar-refractivity contribution in [2.75, 3.05) is 24.4 Å². The molecular weight excluding hydrogens is 400 g/mol. The van der Waals surface area contributed by atoms with Gasteiger partial charge in [-0.1, -0.05) is 25.5 Å². The second kappa shape index (κ2) is 10.5. The largest absolute Gasteiger partial charge is 0.494 e. The lowest BCUT2D eigenvalue weighted by Crippen LogP contribution is -2.13. The number of methoxy groups -OCH3 is 1. The van der Waals surface area contributed by atoms with Crippen LogP contribution < -0.4 is 20.1 Å². The second-order valence-corrected chi connectivity index (χ2v) is 7.48. The van der Waals surface area contributed by atoms with Gasteiger partial charge in [0.05, 0.1) is 24.3 Å². The molecule has 3 rings (SSSR count). The number of amides is 2. The van der Waals surface area contributed by atoms with Gasteiger partial charge in [-0.05, 0) is 48.2 Å². The molecule has 0 fully saturated rings. The number of benzene rings is 2. The molecule has 0 bridgehead atoms. The van der Waals surface area contributed by atoms with Crippen molar-refractivity contribution in [3.63, 3.8) is 0 Å². The third-order valence-electron chi connectivity index (χ3n) is 4.32. The Labute approximate surface area is 179 Å². The molecule has 0 aliphatic rings. The van der Waals surface area contributed by atoms with E-state index in [1.807, 2.05) is 17.5 Å². The minimum Gasteiger partial charge on any atom is -0.494 e. The van der Waals surface area contributed by atoms with E-state index in [-0.39, 0.29) is 11.8 Å². The van der Waals surface area contributed by atoms with Crippen LogP contribution in [0.2, 0.25) is 0 Å². The van der Waals surface area contributed by atoms with Crippen molar-refractivity contribution < 1.29 is 19.1 Å². The van der Waals surface area contributed by atoms with Crippen molar-refractivity contribution in [3.05, 3.63) is 70.4 Å². The number of thiophene rings is 1. The molecule has 0 saturated carbocycles. The summed E-state index contributed by atoms with van der Waals surface area (Å²) in [5.41, 5.74) is 1.58. The molecule has 6 nitrogen and oxygen atoms in total. The van der Waals surface area contributed by atoms with Gasteiger partial charge in [-0.25, -0.2) is 0 Å². The average Bonchev–Trinajstić information content (AvgIpc) is 3.30. The summed E-state index contributed by atoms with van der Waals surface area (Å²) in [6, 6.07) is 15.7. The van der Waals surface area contributed by atoms with E-state index in [2.05, 4.69) is 17.6 Å². The highest BCUT2D eigenvalue weighted by molar-refractivity contribution is 7.12. The van der Waals surface area contributed by atoms with Crippen molar-refractivity contribution in [1.29, 1.82) is 0 Å². The summed E-state index contributed by atoms with van der Waals surface area (Å²) < 4.78 is 11.1. The summed E-state index contributed by atoms with van der Waals surface area (Å²) in [6.45, 7) is 2.72. The van der Waals surface area contributed by atoms with Crippen LogP contribution in [0, 0.1) is 0 Å². The Hall–Kier alpha value is -3.32. The predicted octanol–water partition coefficient (Wildman–Crippen LogP) is 5.44. The van der Waals surface area contributed by atoms with Crippen LogP contribution in [-0.4, -0.2) is 25.5 Å². The highest BCUT2D eigenvalue weighted by Gasteiger charge is 2.13. The number of hydrogen-bond donors (Lipinski definition) is 2. The zero-order chi connectivity index (χ0) is 21.3. The van der Waals surface area contributed by atoms with E-state index >= 15 is 0 Å². The number of carbonyl (C=O) groups is 2. The van der Waals surface area contributed by atoms with E-state index in [4.69, 9.17) is 9.47 Å². The summed E-state index contributed by atoms with van der Waals surface area (Å²) in [4.78, 5) is 25.5. The lowest BCUT2D eigenvalue weighted by molar-refractivity contribution is 0.101. The molecule has 2 amide bonds. The van der Waals surface area contributed by atoms with Crippen molar-refractivity contribution in [1.82, 2.24) is 0 Å². The Kier molecular flexibility index (Phi) is 7.45. The first-order chi connectivity index (χ1) is 14.6. The summed E-state index contributed by atoms with van der Waals surface area (Å²) >= 11 is 1.36. The molecule has 1 heterocycles. The van der Waals surface area contributed by atoms with Crippen LogP contribution in [0.1, 0.15) is 39.8 Å². The van der Waals surface area contributed by atoms with Crippen LogP contribution in [0.4, 0.5) is 11.4 Å². The smallest absolute Gasteiger partial charge is 0.265 e. The summed E-state index contributed by atoms with van der Waals surface area (Å²) in [5, 5.41) is 7.52. The lowest BCUT2D eigenvalue weighted by atomic mass is 10.2. The van der Waals surface area contributed by atoms with Crippen molar-refractivity contribution in [3.8, 4) is 11.5 Å². The molecule has 3 aromatic rings. The minimum absolute atomic E-state index is 0.208. The van der Waals surface area contributed by atoms with E-state index in [1.165, 1.54) is 18.4 Å². The monoisotopic (exact) mass is 424 g/mol. The van der Waals surface area contributed by atoms with Crippen LogP contribution in [0.5, 0.6) is 11.5 Å². The number of ether oxygens (including phenoxy) is 2. The van der Waals surface area contributed by atoms with Gasteiger partial charge in [0.1, 0.15) is 11.5 Å². The Bertz CT molecular complexity index is 1000. The predicted molar refractivity (Wildman–Crippen MR) is 120 cm³/mol. The first-order valence-electron chi connectivity index (χ1n) is 9.68.